The third-order valence-electron chi connectivity index (χ3n) is 3.70. The molecule has 2 nitrogen and oxygen atoms in total. The molecule has 3 heteroatoms. The van der Waals surface area contributed by atoms with Gasteiger partial charge in [-0.2, -0.15) is 0 Å². The van der Waals surface area contributed by atoms with Gasteiger partial charge in [-0.3, -0.25) is 4.90 Å². The smallest absolute Gasteiger partial charge is 0.0328 e. The Bertz CT molecular complexity index is 315. The Hall–Kier alpha value is -0.380. The lowest BCUT2D eigenvalue weighted by atomic mass is 9.82. The highest BCUT2D eigenvalue weighted by molar-refractivity contribution is 7.09. The molecule has 1 N–H and O–H groups in total. The predicted molar refractivity (Wildman–Crippen MR) is 75.5 cm³/mol. The highest BCUT2D eigenvalue weighted by Gasteiger charge is 2.28. The van der Waals surface area contributed by atoms with Crippen LogP contribution in [-0.2, 0) is 6.54 Å². The van der Waals surface area contributed by atoms with E-state index in [4.69, 9.17) is 0 Å². The first-order valence-electron chi connectivity index (χ1n) is 6.67. The minimum Gasteiger partial charge on any atom is -0.316 e. The van der Waals surface area contributed by atoms with E-state index in [-0.39, 0.29) is 0 Å². The van der Waals surface area contributed by atoms with Crippen LogP contribution in [0.25, 0.3) is 0 Å². The van der Waals surface area contributed by atoms with Crippen LogP contribution in [0.3, 0.4) is 0 Å². The van der Waals surface area contributed by atoms with E-state index in [9.17, 15) is 0 Å². The van der Waals surface area contributed by atoms with Gasteiger partial charge in [-0.1, -0.05) is 19.9 Å². The van der Waals surface area contributed by atoms with Crippen molar-refractivity contribution >= 4 is 11.3 Å². The minimum absolute atomic E-state index is 0.464. The normalized spacial score (nSPS) is 25.4. The molecule has 0 aliphatic carbocycles. The molecule has 0 aromatic carbocycles. The van der Waals surface area contributed by atoms with Crippen LogP contribution in [0.2, 0.25) is 0 Å². The Kier molecular flexibility index (Phi) is 4.60. The molecule has 96 valence electrons. The summed E-state index contributed by atoms with van der Waals surface area (Å²) in [6, 6.07) is 4.40. The number of nitrogens with zero attached hydrogens (tertiary/aromatic N) is 1. The van der Waals surface area contributed by atoms with Crippen LogP contribution in [-0.4, -0.2) is 31.1 Å². The number of hydrogen-bond acceptors (Lipinski definition) is 3. The summed E-state index contributed by atoms with van der Waals surface area (Å²) in [5.74, 6) is 0. The molecule has 0 spiro atoms. The average molecular weight is 252 g/mol. The molecule has 1 aliphatic rings. The molecular formula is C14H24N2S. The molecule has 0 amide bonds. The van der Waals surface area contributed by atoms with E-state index < -0.39 is 0 Å². The second-order valence-corrected chi connectivity index (χ2v) is 6.51. The topological polar surface area (TPSA) is 15.3 Å². The van der Waals surface area contributed by atoms with Gasteiger partial charge in [-0.25, -0.2) is 0 Å². The fourth-order valence-corrected chi connectivity index (χ4v) is 3.44. The van der Waals surface area contributed by atoms with Crippen LogP contribution in [0.1, 0.15) is 31.6 Å². The quantitative estimate of drug-likeness (QED) is 0.867. The SMILES string of the molecule is CCN(Cc1cccs1)CC1(C)CCCNC1. The molecule has 2 rings (SSSR count). The predicted octanol–water partition coefficient (Wildman–Crippen LogP) is 2.96. The summed E-state index contributed by atoms with van der Waals surface area (Å²) in [4.78, 5) is 4.07. The lowest BCUT2D eigenvalue weighted by Gasteiger charge is -2.38. The van der Waals surface area contributed by atoms with Gasteiger partial charge in [0.2, 0.25) is 0 Å². The van der Waals surface area contributed by atoms with Crippen molar-refractivity contribution < 1.29 is 0 Å². The van der Waals surface area contributed by atoms with Gasteiger partial charge in [0.1, 0.15) is 0 Å². The van der Waals surface area contributed by atoms with Crippen LogP contribution in [0.5, 0.6) is 0 Å². The molecule has 0 saturated carbocycles. The molecule has 1 aliphatic heterocycles. The van der Waals surface area contributed by atoms with Crippen molar-refractivity contribution in [1.82, 2.24) is 10.2 Å². The van der Waals surface area contributed by atoms with Crippen LogP contribution < -0.4 is 5.32 Å². The summed E-state index contributed by atoms with van der Waals surface area (Å²) in [5, 5.41) is 5.71. The molecule has 17 heavy (non-hydrogen) atoms. The standard InChI is InChI=1S/C14H24N2S/c1-3-16(10-13-6-4-9-17-13)12-14(2)7-5-8-15-11-14/h4,6,9,15H,3,5,7-8,10-12H2,1-2H3. The molecule has 1 unspecified atom stereocenters. The Labute approximate surface area is 109 Å². The van der Waals surface area contributed by atoms with Crippen molar-refractivity contribution in [2.45, 2.75) is 33.2 Å². The fraction of sp³-hybridized carbons (Fsp3) is 0.714. The number of nitrogens with one attached hydrogen (secondary N) is 1. The first-order chi connectivity index (χ1) is 8.22. The van der Waals surface area contributed by atoms with Gasteiger partial charge in [0, 0.05) is 24.5 Å². The molecule has 0 radical (unpaired) electrons. The van der Waals surface area contributed by atoms with E-state index in [0.29, 0.717) is 5.41 Å². The van der Waals surface area contributed by atoms with Crippen LogP contribution >= 0.6 is 11.3 Å². The summed E-state index contributed by atoms with van der Waals surface area (Å²) < 4.78 is 0. The molecular weight excluding hydrogens is 228 g/mol. The van der Waals surface area contributed by atoms with Crippen molar-refractivity contribution in [3.8, 4) is 0 Å². The minimum atomic E-state index is 0.464. The molecule has 1 aromatic rings. The van der Waals surface area contributed by atoms with Gasteiger partial charge in [0.05, 0.1) is 0 Å². The third-order valence-corrected chi connectivity index (χ3v) is 4.56. The van der Waals surface area contributed by atoms with Gasteiger partial charge < -0.3 is 5.32 Å². The largest absolute Gasteiger partial charge is 0.316 e. The molecule has 1 aromatic heterocycles. The van der Waals surface area contributed by atoms with E-state index in [1.54, 1.807) is 0 Å². The van der Waals surface area contributed by atoms with Crippen molar-refractivity contribution in [3.63, 3.8) is 0 Å². The zero-order chi connectivity index (χ0) is 12.1. The van der Waals surface area contributed by atoms with Crippen molar-refractivity contribution in [1.29, 1.82) is 0 Å². The Morgan fingerprint density at radius 2 is 2.41 bits per heavy atom. The van der Waals surface area contributed by atoms with Gasteiger partial charge in [0.15, 0.2) is 0 Å². The fourth-order valence-electron chi connectivity index (χ4n) is 2.70. The van der Waals surface area contributed by atoms with Crippen LogP contribution in [0, 0.1) is 5.41 Å². The first kappa shape index (κ1) is 13.1. The summed E-state index contributed by atoms with van der Waals surface area (Å²) in [5.41, 5.74) is 0.464. The van der Waals surface area contributed by atoms with Gasteiger partial charge in [-0.05, 0) is 42.8 Å². The van der Waals surface area contributed by atoms with Crippen molar-refractivity contribution in [2.75, 3.05) is 26.2 Å². The van der Waals surface area contributed by atoms with E-state index in [1.807, 2.05) is 11.3 Å². The Morgan fingerprint density at radius 1 is 1.53 bits per heavy atom. The summed E-state index contributed by atoms with van der Waals surface area (Å²) in [6.45, 7) is 10.6. The monoisotopic (exact) mass is 252 g/mol. The van der Waals surface area contributed by atoms with Crippen molar-refractivity contribution in [2.24, 2.45) is 5.41 Å². The lowest BCUT2D eigenvalue weighted by molar-refractivity contribution is 0.133. The van der Waals surface area contributed by atoms with Crippen LogP contribution in [0.4, 0.5) is 0 Å². The maximum atomic E-state index is 3.54. The maximum absolute atomic E-state index is 3.54. The number of thiophene rings is 1. The highest BCUT2D eigenvalue weighted by Crippen LogP contribution is 2.27. The van der Waals surface area contributed by atoms with Gasteiger partial charge >= 0.3 is 0 Å². The second kappa shape index (κ2) is 5.98. The Balaban J connectivity index is 1.90. The number of hydrogen-bond donors (Lipinski definition) is 1. The van der Waals surface area contributed by atoms with Crippen LogP contribution in [0.15, 0.2) is 17.5 Å². The van der Waals surface area contributed by atoms with Crippen molar-refractivity contribution in [3.05, 3.63) is 22.4 Å². The molecule has 1 fully saturated rings. The Morgan fingerprint density at radius 3 is 3.00 bits per heavy atom. The second-order valence-electron chi connectivity index (χ2n) is 5.47. The van der Waals surface area contributed by atoms with Gasteiger partial charge in [-0.15, -0.1) is 11.3 Å². The van der Waals surface area contributed by atoms with E-state index in [0.717, 1.165) is 13.1 Å². The highest BCUT2D eigenvalue weighted by atomic mass is 32.1. The third kappa shape index (κ3) is 3.80. The summed E-state index contributed by atoms with van der Waals surface area (Å²) in [7, 11) is 0. The van der Waals surface area contributed by atoms with E-state index in [1.165, 1.54) is 37.4 Å². The molecule has 0 bridgehead atoms. The number of rotatable bonds is 5. The molecule has 2 heterocycles. The zero-order valence-electron chi connectivity index (χ0n) is 11.0. The zero-order valence-corrected chi connectivity index (χ0v) is 11.9. The first-order valence-corrected chi connectivity index (χ1v) is 7.55. The molecule has 1 saturated heterocycles. The van der Waals surface area contributed by atoms with E-state index >= 15 is 0 Å². The number of piperidine rings is 1. The maximum Gasteiger partial charge on any atom is 0.0328 e. The van der Waals surface area contributed by atoms with E-state index in [2.05, 4.69) is 41.6 Å². The molecule has 1 atom stereocenters. The van der Waals surface area contributed by atoms with Gasteiger partial charge in [0.25, 0.3) is 0 Å². The average Bonchev–Trinajstić information content (AvgIpc) is 2.81. The summed E-state index contributed by atoms with van der Waals surface area (Å²) >= 11 is 1.87. The summed E-state index contributed by atoms with van der Waals surface area (Å²) in [6.07, 6.45) is 2.69. The lowest BCUT2D eigenvalue weighted by Crippen LogP contribution is -2.45.